The number of nitrogens with zero attached hydrogens (tertiary/aromatic N) is 1. The van der Waals surface area contributed by atoms with Gasteiger partial charge in [0.15, 0.2) is 0 Å². The molecular weight excluding hydrogens is 383 g/mol. The molecule has 0 amide bonds. The molecular formula is C13H7BrClFN2O2S. The Balaban J connectivity index is 2.46. The van der Waals surface area contributed by atoms with Crippen molar-refractivity contribution in [2.75, 3.05) is 4.72 Å². The van der Waals surface area contributed by atoms with E-state index in [1.54, 1.807) is 0 Å². The van der Waals surface area contributed by atoms with Gasteiger partial charge in [0.05, 0.1) is 22.3 Å². The summed E-state index contributed by atoms with van der Waals surface area (Å²) in [7, 11) is -4.10. The number of rotatable bonds is 3. The zero-order valence-electron chi connectivity index (χ0n) is 10.3. The lowest BCUT2D eigenvalue weighted by atomic mass is 10.2. The van der Waals surface area contributed by atoms with Crippen molar-refractivity contribution in [2.45, 2.75) is 4.90 Å². The van der Waals surface area contributed by atoms with Gasteiger partial charge in [-0.2, -0.15) is 5.26 Å². The van der Waals surface area contributed by atoms with Gasteiger partial charge in [0.1, 0.15) is 10.7 Å². The molecule has 0 atom stereocenters. The standard InChI is InChI=1S/C13H7BrClFN2O2S/c14-9-2-4-12(11(16)6-9)18-21(19,20)13-5-8(7-17)1-3-10(13)15/h1-6,18H. The second kappa shape index (κ2) is 6.02. The Labute approximate surface area is 134 Å². The highest BCUT2D eigenvalue weighted by Crippen LogP contribution is 2.27. The van der Waals surface area contributed by atoms with Crippen molar-refractivity contribution in [3.05, 3.63) is 57.3 Å². The van der Waals surface area contributed by atoms with Crippen LogP contribution in [0, 0.1) is 17.1 Å². The maximum Gasteiger partial charge on any atom is 0.263 e. The Kier molecular flexibility index (Phi) is 4.52. The molecule has 0 aliphatic carbocycles. The average Bonchev–Trinajstić information content (AvgIpc) is 2.42. The van der Waals surface area contributed by atoms with E-state index in [1.807, 2.05) is 6.07 Å². The van der Waals surface area contributed by atoms with Gasteiger partial charge >= 0.3 is 0 Å². The van der Waals surface area contributed by atoms with E-state index in [2.05, 4.69) is 20.7 Å². The van der Waals surface area contributed by atoms with Crippen LogP contribution < -0.4 is 4.72 Å². The third-order valence-electron chi connectivity index (χ3n) is 2.53. The predicted octanol–water partition coefficient (Wildman–Crippen LogP) is 3.91. The van der Waals surface area contributed by atoms with Crippen LogP contribution in [0.4, 0.5) is 10.1 Å². The quantitative estimate of drug-likeness (QED) is 0.865. The van der Waals surface area contributed by atoms with Crippen LogP contribution in [-0.2, 0) is 10.0 Å². The summed E-state index contributed by atoms with van der Waals surface area (Å²) in [6.45, 7) is 0. The highest BCUT2D eigenvalue weighted by Gasteiger charge is 2.20. The zero-order valence-corrected chi connectivity index (χ0v) is 13.4. The Morgan fingerprint density at radius 3 is 2.57 bits per heavy atom. The van der Waals surface area contributed by atoms with Crippen LogP contribution >= 0.6 is 27.5 Å². The lowest BCUT2D eigenvalue weighted by molar-refractivity contribution is 0.598. The van der Waals surface area contributed by atoms with Crippen molar-refractivity contribution in [1.82, 2.24) is 0 Å². The van der Waals surface area contributed by atoms with Gasteiger partial charge < -0.3 is 0 Å². The molecule has 2 rings (SSSR count). The lowest BCUT2D eigenvalue weighted by Crippen LogP contribution is -2.14. The molecule has 0 spiro atoms. The van der Waals surface area contributed by atoms with Crippen molar-refractivity contribution in [3.8, 4) is 6.07 Å². The number of anilines is 1. The molecule has 2 aromatic rings. The Morgan fingerprint density at radius 2 is 1.95 bits per heavy atom. The van der Waals surface area contributed by atoms with E-state index in [0.29, 0.717) is 4.47 Å². The molecule has 0 aromatic heterocycles. The van der Waals surface area contributed by atoms with E-state index < -0.39 is 15.8 Å². The second-order valence-electron chi connectivity index (χ2n) is 3.99. The molecule has 0 aliphatic heterocycles. The van der Waals surface area contributed by atoms with Gasteiger partial charge in [-0.1, -0.05) is 27.5 Å². The predicted molar refractivity (Wildman–Crippen MR) is 81.1 cm³/mol. The highest BCUT2D eigenvalue weighted by molar-refractivity contribution is 9.10. The monoisotopic (exact) mass is 388 g/mol. The number of hydrogen-bond donors (Lipinski definition) is 1. The van der Waals surface area contributed by atoms with Gasteiger partial charge in [0, 0.05) is 4.47 Å². The van der Waals surface area contributed by atoms with E-state index in [0.717, 1.165) is 12.1 Å². The summed E-state index contributed by atoms with van der Waals surface area (Å²) in [4.78, 5) is -0.287. The molecule has 0 fully saturated rings. The first kappa shape index (κ1) is 15.8. The Bertz CT molecular complexity index is 850. The molecule has 0 unspecified atom stereocenters. The molecule has 1 N–H and O–H groups in total. The first-order valence-corrected chi connectivity index (χ1v) is 8.16. The minimum Gasteiger partial charge on any atom is -0.277 e. The fourth-order valence-electron chi connectivity index (χ4n) is 1.55. The number of benzene rings is 2. The van der Waals surface area contributed by atoms with Gasteiger partial charge in [0.2, 0.25) is 0 Å². The fraction of sp³-hybridized carbons (Fsp3) is 0. The van der Waals surface area contributed by atoms with E-state index in [1.165, 1.54) is 24.3 Å². The normalized spacial score (nSPS) is 11.0. The molecule has 2 aromatic carbocycles. The van der Waals surface area contributed by atoms with Crippen LogP contribution in [0.1, 0.15) is 5.56 Å². The van der Waals surface area contributed by atoms with E-state index in [4.69, 9.17) is 16.9 Å². The van der Waals surface area contributed by atoms with E-state index >= 15 is 0 Å². The van der Waals surface area contributed by atoms with Gasteiger partial charge in [0.25, 0.3) is 10.0 Å². The van der Waals surface area contributed by atoms with Crippen LogP contribution in [0.15, 0.2) is 45.8 Å². The summed E-state index contributed by atoms with van der Waals surface area (Å²) < 4.78 is 40.8. The fourth-order valence-corrected chi connectivity index (χ4v) is 3.48. The zero-order chi connectivity index (χ0) is 15.6. The molecule has 0 saturated heterocycles. The topological polar surface area (TPSA) is 70.0 Å². The number of halogens is 3. The Morgan fingerprint density at radius 1 is 1.24 bits per heavy atom. The smallest absolute Gasteiger partial charge is 0.263 e. The van der Waals surface area contributed by atoms with Gasteiger partial charge in [-0.3, -0.25) is 4.72 Å². The molecule has 0 aliphatic rings. The van der Waals surface area contributed by atoms with Gasteiger partial charge in [-0.25, -0.2) is 12.8 Å². The largest absolute Gasteiger partial charge is 0.277 e. The van der Waals surface area contributed by atoms with Crippen molar-refractivity contribution in [3.63, 3.8) is 0 Å². The molecule has 108 valence electrons. The molecule has 0 heterocycles. The summed E-state index contributed by atoms with van der Waals surface area (Å²) in [5, 5.41) is 8.75. The van der Waals surface area contributed by atoms with Crippen molar-refractivity contribution in [2.24, 2.45) is 0 Å². The van der Waals surface area contributed by atoms with Gasteiger partial charge in [-0.15, -0.1) is 0 Å². The minimum atomic E-state index is -4.10. The van der Waals surface area contributed by atoms with Crippen LogP contribution in [0.3, 0.4) is 0 Å². The summed E-state index contributed by atoms with van der Waals surface area (Å²) in [6, 6.07) is 9.53. The molecule has 8 heteroatoms. The highest BCUT2D eigenvalue weighted by atomic mass is 79.9. The summed E-state index contributed by atoms with van der Waals surface area (Å²) in [5.41, 5.74) is -0.0762. The SMILES string of the molecule is N#Cc1ccc(Cl)c(S(=O)(=O)Nc2ccc(Br)cc2F)c1. The van der Waals surface area contributed by atoms with Crippen LogP contribution in [-0.4, -0.2) is 8.42 Å². The van der Waals surface area contributed by atoms with Crippen LogP contribution in [0.2, 0.25) is 5.02 Å². The maximum absolute atomic E-state index is 13.7. The Hall–Kier alpha value is -1.62. The third kappa shape index (κ3) is 3.53. The third-order valence-corrected chi connectivity index (χ3v) is 4.87. The number of nitrogens with one attached hydrogen (secondary N) is 1. The van der Waals surface area contributed by atoms with Crippen LogP contribution in [0.25, 0.3) is 0 Å². The number of nitriles is 1. The summed E-state index contributed by atoms with van der Waals surface area (Å²) in [5.74, 6) is -0.736. The van der Waals surface area contributed by atoms with Crippen molar-refractivity contribution >= 4 is 43.2 Å². The molecule has 0 bridgehead atoms. The van der Waals surface area contributed by atoms with Crippen molar-refractivity contribution in [1.29, 1.82) is 5.26 Å². The molecule has 4 nitrogen and oxygen atoms in total. The molecule has 0 radical (unpaired) electrons. The van der Waals surface area contributed by atoms with Crippen molar-refractivity contribution < 1.29 is 12.8 Å². The maximum atomic E-state index is 13.7. The first-order valence-electron chi connectivity index (χ1n) is 5.51. The van der Waals surface area contributed by atoms with Gasteiger partial charge in [-0.05, 0) is 36.4 Å². The lowest BCUT2D eigenvalue weighted by Gasteiger charge is -2.10. The number of sulfonamides is 1. The van der Waals surface area contributed by atoms with E-state index in [-0.39, 0.29) is 21.2 Å². The first-order chi connectivity index (χ1) is 9.83. The van der Waals surface area contributed by atoms with Crippen LogP contribution in [0.5, 0.6) is 0 Å². The second-order valence-corrected chi connectivity index (χ2v) is 6.96. The average molecular weight is 390 g/mol. The van der Waals surface area contributed by atoms with E-state index in [9.17, 15) is 12.8 Å². The summed E-state index contributed by atoms with van der Waals surface area (Å²) >= 11 is 8.92. The minimum absolute atomic E-state index is 0.0565. The summed E-state index contributed by atoms with van der Waals surface area (Å²) in [6.07, 6.45) is 0. The molecule has 0 saturated carbocycles. The molecule has 21 heavy (non-hydrogen) atoms. The number of hydrogen-bond acceptors (Lipinski definition) is 3.